The van der Waals surface area contributed by atoms with Crippen molar-refractivity contribution >= 4 is 5.91 Å². The summed E-state index contributed by atoms with van der Waals surface area (Å²) in [7, 11) is 0. The highest BCUT2D eigenvalue weighted by Gasteiger charge is 2.44. The highest BCUT2D eigenvalue weighted by atomic mass is 16.7. The van der Waals surface area contributed by atoms with Crippen LogP contribution in [0.25, 0.3) is 0 Å². The number of hydrogen-bond donors (Lipinski definition) is 6. The third-order valence-electron chi connectivity index (χ3n) is 13.9. The molecule has 1 saturated heterocycles. The molecule has 0 radical (unpaired) electrons. The van der Waals surface area contributed by atoms with Gasteiger partial charge in [-0.2, -0.15) is 0 Å². The minimum Gasteiger partial charge on any atom is -0.394 e. The second kappa shape index (κ2) is 53.5. The maximum atomic E-state index is 13.1. The number of allylic oxidation sites excluding steroid dienone is 15. The number of ether oxygens (including phenoxy) is 2. The zero-order chi connectivity index (χ0) is 53.6. The Bertz CT molecular complexity index is 1480. The first-order chi connectivity index (χ1) is 36.3. The molecule has 6 N–H and O–H groups in total. The van der Waals surface area contributed by atoms with E-state index in [0.29, 0.717) is 6.42 Å². The monoisotopic (exact) mass is 1040 g/mol. The second-order valence-electron chi connectivity index (χ2n) is 20.7. The Labute approximate surface area is 453 Å². The molecule has 0 spiro atoms. The second-order valence-corrected chi connectivity index (χ2v) is 20.7. The molecule has 0 bridgehead atoms. The lowest BCUT2D eigenvalue weighted by Crippen LogP contribution is -2.60. The number of amides is 1. The van der Waals surface area contributed by atoms with E-state index in [1.807, 2.05) is 6.08 Å². The maximum absolute atomic E-state index is 13.1. The van der Waals surface area contributed by atoms with Crippen molar-refractivity contribution in [3.8, 4) is 0 Å². The van der Waals surface area contributed by atoms with Crippen molar-refractivity contribution in [2.45, 2.75) is 294 Å². The summed E-state index contributed by atoms with van der Waals surface area (Å²) in [6, 6.07) is -0.842. The van der Waals surface area contributed by atoms with E-state index in [4.69, 9.17) is 9.47 Å². The third-order valence-corrected chi connectivity index (χ3v) is 13.9. The Morgan fingerprint density at radius 1 is 0.473 bits per heavy atom. The first-order valence-electron chi connectivity index (χ1n) is 30.5. The molecule has 0 aromatic heterocycles. The van der Waals surface area contributed by atoms with Crippen LogP contribution in [0.4, 0.5) is 0 Å². The number of aliphatic hydroxyl groups is 5. The van der Waals surface area contributed by atoms with E-state index in [9.17, 15) is 30.3 Å². The van der Waals surface area contributed by atoms with Crippen molar-refractivity contribution in [1.29, 1.82) is 0 Å². The highest BCUT2D eigenvalue weighted by molar-refractivity contribution is 5.76. The summed E-state index contributed by atoms with van der Waals surface area (Å²) in [6.45, 7) is 3.65. The Kier molecular flexibility index (Phi) is 50.0. The molecule has 9 heteroatoms. The molecule has 0 aromatic rings. The van der Waals surface area contributed by atoms with Crippen LogP contribution in [0, 0.1) is 0 Å². The summed E-state index contributed by atoms with van der Waals surface area (Å²) >= 11 is 0. The number of rotatable bonds is 51. The topological polar surface area (TPSA) is 149 Å². The molecule has 74 heavy (non-hydrogen) atoms. The zero-order valence-corrected chi connectivity index (χ0v) is 47.3. The van der Waals surface area contributed by atoms with Gasteiger partial charge in [0.2, 0.25) is 5.91 Å². The fraction of sp³-hybridized carbons (Fsp3) is 0.738. The van der Waals surface area contributed by atoms with E-state index < -0.39 is 49.5 Å². The fourth-order valence-electron chi connectivity index (χ4n) is 9.10. The highest BCUT2D eigenvalue weighted by Crippen LogP contribution is 2.23. The third kappa shape index (κ3) is 42.2. The normalized spacial score (nSPS) is 19.7. The molecular weight excluding hydrogens is 923 g/mol. The number of unbranched alkanes of at least 4 members (excludes halogenated alkanes) is 27. The average molecular weight is 1040 g/mol. The Balaban J connectivity index is 2.26. The molecule has 7 atom stereocenters. The van der Waals surface area contributed by atoms with Gasteiger partial charge >= 0.3 is 0 Å². The van der Waals surface area contributed by atoms with Crippen molar-refractivity contribution in [1.82, 2.24) is 5.32 Å². The van der Waals surface area contributed by atoms with E-state index in [0.717, 1.165) is 89.9 Å². The van der Waals surface area contributed by atoms with Crippen molar-refractivity contribution in [2.24, 2.45) is 0 Å². The minimum atomic E-state index is -1.58. The molecule has 0 aromatic carbocycles. The lowest BCUT2D eigenvalue weighted by Gasteiger charge is -2.40. The lowest BCUT2D eigenvalue weighted by molar-refractivity contribution is -0.302. The quantitative estimate of drug-likeness (QED) is 0.0261. The summed E-state index contributed by atoms with van der Waals surface area (Å²) in [4.78, 5) is 13.1. The van der Waals surface area contributed by atoms with Gasteiger partial charge in [-0.15, -0.1) is 0 Å². The predicted octanol–water partition coefficient (Wildman–Crippen LogP) is 15.6. The van der Waals surface area contributed by atoms with Gasteiger partial charge < -0.3 is 40.3 Å². The van der Waals surface area contributed by atoms with E-state index in [1.54, 1.807) is 6.08 Å². The van der Waals surface area contributed by atoms with Crippen LogP contribution in [-0.4, -0.2) is 87.5 Å². The molecule has 1 rings (SSSR count). The minimum absolute atomic E-state index is 0.204. The first kappa shape index (κ1) is 69.1. The Hall–Kier alpha value is -2.89. The van der Waals surface area contributed by atoms with Gasteiger partial charge in [-0.3, -0.25) is 4.79 Å². The summed E-state index contributed by atoms with van der Waals surface area (Å²) in [5.74, 6) is -0.204. The SMILES string of the molecule is CC/C=C\C/C=C\C/C=C\C/C=C\C/C=C\CCCCCCCCCC(=O)NC(COC1OC(CO)C(O)C(O)C1O)C(O)/C=C/CC/C=C/CC/C=C/CCCCCCCCCCCCCCCCCCCC. The number of hydrogen-bond acceptors (Lipinski definition) is 8. The van der Waals surface area contributed by atoms with E-state index >= 15 is 0 Å². The van der Waals surface area contributed by atoms with Crippen molar-refractivity contribution in [3.63, 3.8) is 0 Å². The van der Waals surface area contributed by atoms with Crippen LogP contribution in [0.5, 0.6) is 0 Å². The standard InChI is InChI=1S/C65H113NO8/c1-3-5-7-9-11-13-15-17-19-21-23-25-27-28-29-30-31-33-34-36-38-40-42-44-46-48-50-52-54-59(68)58(57-73-65-64(72)63(71)62(70)60(56-67)74-65)66-61(69)55-53-51-49-47-45-43-41-39-37-35-32-26-24-22-20-18-16-14-12-10-8-6-4-2/h6,8,12,14,18,20,24,26,35-38,44,46,52,54,58-60,62-65,67-68,70-72H,3-5,7,9-11,13,15-17,19,21-23,25,27-34,39-43,45,47-51,53,55-57H2,1-2H3,(H,66,69)/b8-6-,14-12-,20-18-,26-24-,37-35-,38-36+,46-44+,54-52+. The smallest absolute Gasteiger partial charge is 0.220 e. The van der Waals surface area contributed by atoms with E-state index in [2.05, 4.69) is 104 Å². The van der Waals surface area contributed by atoms with Gasteiger partial charge in [-0.1, -0.05) is 252 Å². The van der Waals surface area contributed by atoms with Crippen LogP contribution in [0.2, 0.25) is 0 Å². The van der Waals surface area contributed by atoms with Crippen LogP contribution in [0.3, 0.4) is 0 Å². The van der Waals surface area contributed by atoms with Gasteiger partial charge in [-0.05, 0) is 89.9 Å². The van der Waals surface area contributed by atoms with Gasteiger partial charge in [-0.25, -0.2) is 0 Å². The number of carbonyl (C=O) groups excluding carboxylic acids is 1. The summed E-state index contributed by atoms with van der Waals surface area (Å²) in [6.07, 6.45) is 70.5. The lowest BCUT2D eigenvalue weighted by atomic mass is 9.99. The van der Waals surface area contributed by atoms with Crippen molar-refractivity contribution < 1.29 is 39.8 Å². The van der Waals surface area contributed by atoms with Crippen molar-refractivity contribution in [3.05, 3.63) is 97.2 Å². The predicted molar refractivity (Wildman–Crippen MR) is 313 cm³/mol. The summed E-state index contributed by atoms with van der Waals surface area (Å²) < 4.78 is 11.3. The first-order valence-corrected chi connectivity index (χ1v) is 30.5. The molecule has 9 nitrogen and oxygen atoms in total. The van der Waals surface area contributed by atoms with Crippen LogP contribution >= 0.6 is 0 Å². The van der Waals surface area contributed by atoms with Gasteiger partial charge in [0.25, 0.3) is 0 Å². The fourth-order valence-corrected chi connectivity index (χ4v) is 9.10. The van der Waals surface area contributed by atoms with Gasteiger partial charge in [0.1, 0.15) is 24.4 Å². The van der Waals surface area contributed by atoms with Crippen LogP contribution < -0.4 is 5.32 Å². The van der Waals surface area contributed by atoms with Gasteiger partial charge in [0.05, 0.1) is 25.4 Å². The molecule has 1 aliphatic rings. The molecule has 1 aliphatic heterocycles. The Morgan fingerprint density at radius 2 is 0.851 bits per heavy atom. The molecule has 1 fully saturated rings. The number of carbonyl (C=O) groups is 1. The summed E-state index contributed by atoms with van der Waals surface area (Å²) in [5.41, 5.74) is 0. The van der Waals surface area contributed by atoms with Crippen LogP contribution in [0.1, 0.15) is 251 Å². The number of nitrogens with one attached hydrogen (secondary N) is 1. The molecule has 1 amide bonds. The summed E-state index contributed by atoms with van der Waals surface area (Å²) in [5, 5.41) is 54.5. The molecule has 0 saturated carbocycles. The molecule has 0 aliphatic carbocycles. The molecular formula is C65H113NO8. The molecule has 1 heterocycles. The Morgan fingerprint density at radius 3 is 1.30 bits per heavy atom. The number of aliphatic hydroxyl groups excluding tert-OH is 5. The van der Waals surface area contributed by atoms with E-state index in [1.165, 1.54) is 141 Å². The van der Waals surface area contributed by atoms with Crippen LogP contribution in [-0.2, 0) is 14.3 Å². The van der Waals surface area contributed by atoms with E-state index in [-0.39, 0.29) is 12.5 Å². The van der Waals surface area contributed by atoms with Crippen molar-refractivity contribution in [2.75, 3.05) is 13.2 Å². The van der Waals surface area contributed by atoms with Gasteiger partial charge in [0.15, 0.2) is 6.29 Å². The largest absolute Gasteiger partial charge is 0.394 e. The maximum Gasteiger partial charge on any atom is 0.220 e. The van der Waals surface area contributed by atoms with Crippen LogP contribution in [0.15, 0.2) is 97.2 Å². The average Bonchev–Trinajstić information content (AvgIpc) is 3.40. The molecule has 7 unspecified atom stereocenters. The van der Waals surface area contributed by atoms with Gasteiger partial charge in [0, 0.05) is 6.42 Å². The zero-order valence-electron chi connectivity index (χ0n) is 47.3. The molecule has 426 valence electrons.